The number of hydrogen-bond acceptors (Lipinski definition) is 8. The highest BCUT2D eigenvalue weighted by Gasteiger charge is 2.28. The normalized spacial score (nSPS) is 16.9. The summed E-state index contributed by atoms with van der Waals surface area (Å²) in [7, 11) is 4.08. The minimum absolute atomic E-state index is 0.0241. The molecule has 1 saturated heterocycles. The second kappa shape index (κ2) is 11.2. The Morgan fingerprint density at radius 2 is 1.78 bits per heavy atom. The molecule has 3 aromatic rings. The number of benzene rings is 2. The quantitative estimate of drug-likeness (QED) is 0.345. The van der Waals surface area contributed by atoms with Crippen LogP contribution >= 0.6 is 0 Å². The molecular weight excluding hydrogens is 464 g/mol. The fourth-order valence-electron chi connectivity index (χ4n) is 5.36. The molecule has 3 heterocycles. The van der Waals surface area contributed by atoms with Crippen molar-refractivity contribution >= 4 is 28.6 Å². The first kappa shape index (κ1) is 25.0. The van der Waals surface area contributed by atoms with Gasteiger partial charge in [-0.25, -0.2) is 0 Å². The van der Waals surface area contributed by atoms with Crippen LogP contribution in [0.25, 0.3) is 10.8 Å². The topological polar surface area (TPSA) is 65.0 Å². The molecule has 0 saturated carbocycles. The van der Waals surface area contributed by atoms with Crippen LogP contribution in [-0.2, 0) is 17.8 Å². The molecule has 0 radical (unpaired) electrons. The molecule has 8 nitrogen and oxygen atoms in total. The van der Waals surface area contributed by atoms with Gasteiger partial charge in [-0.3, -0.25) is 4.79 Å². The molecule has 5 rings (SSSR count). The van der Waals surface area contributed by atoms with Gasteiger partial charge in [0.15, 0.2) is 0 Å². The van der Waals surface area contributed by atoms with Gasteiger partial charge in [-0.1, -0.05) is 36.4 Å². The second-order valence-electron chi connectivity index (χ2n) is 10.1. The van der Waals surface area contributed by atoms with Gasteiger partial charge in [0.1, 0.15) is 18.2 Å². The van der Waals surface area contributed by atoms with Gasteiger partial charge >= 0.3 is 6.01 Å². The predicted molar refractivity (Wildman–Crippen MR) is 148 cm³/mol. The van der Waals surface area contributed by atoms with Gasteiger partial charge in [0.25, 0.3) is 0 Å². The van der Waals surface area contributed by atoms with Crippen molar-refractivity contribution in [3.63, 3.8) is 0 Å². The number of piperazine rings is 1. The Morgan fingerprint density at radius 1 is 1.00 bits per heavy atom. The average Bonchev–Trinajstić information content (AvgIpc) is 2.90. The Morgan fingerprint density at radius 3 is 2.57 bits per heavy atom. The summed E-state index contributed by atoms with van der Waals surface area (Å²) in [6, 6.07) is 15.5. The zero-order chi connectivity index (χ0) is 25.8. The van der Waals surface area contributed by atoms with Crippen molar-refractivity contribution < 1.29 is 9.53 Å². The lowest BCUT2D eigenvalue weighted by atomic mass is 10.0. The van der Waals surface area contributed by atoms with Crippen LogP contribution in [0.4, 0.5) is 11.5 Å². The number of carbonyl (C=O) groups is 1. The standard InChI is InChI=1S/C29H36N6O2/c1-22(20-32(2)3)37-29-30-26-21-35(27-11-6-9-23-8-4-5-10-24(23)27)14-12-25(26)28(31-29)34-17-15-33(16-18-34)13-7-19-36/h4-11,13,19,22H,12,14-18,20-21H2,1-3H3/t22-/m1/s1. The maximum absolute atomic E-state index is 10.7. The number of anilines is 2. The summed E-state index contributed by atoms with van der Waals surface area (Å²) in [5, 5.41) is 2.51. The molecule has 1 atom stereocenters. The first-order valence-electron chi connectivity index (χ1n) is 13.1. The van der Waals surface area contributed by atoms with Crippen LogP contribution in [0.3, 0.4) is 0 Å². The number of carbonyl (C=O) groups excluding carboxylic acids is 1. The summed E-state index contributed by atoms with van der Waals surface area (Å²) in [6.07, 6.45) is 5.12. The van der Waals surface area contributed by atoms with Crippen molar-refractivity contribution in [3.05, 3.63) is 66.0 Å². The molecule has 0 N–H and O–H groups in total. The number of aromatic nitrogens is 2. The maximum Gasteiger partial charge on any atom is 0.318 e. The van der Waals surface area contributed by atoms with E-state index in [1.807, 2.05) is 20.3 Å². The molecule has 0 aliphatic carbocycles. The van der Waals surface area contributed by atoms with E-state index in [2.05, 4.69) is 69.0 Å². The van der Waals surface area contributed by atoms with E-state index in [1.165, 1.54) is 22.0 Å². The summed E-state index contributed by atoms with van der Waals surface area (Å²) < 4.78 is 6.24. The Kier molecular flexibility index (Phi) is 7.55. The number of fused-ring (bicyclic) bond motifs is 2. The maximum atomic E-state index is 10.7. The van der Waals surface area contributed by atoms with E-state index >= 15 is 0 Å². The third-order valence-electron chi connectivity index (χ3n) is 7.05. The monoisotopic (exact) mass is 500 g/mol. The zero-order valence-corrected chi connectivity index (χ0v) is 22.0. The summed E-state index contributed by atoms with van der Waals surface area (Å²) >= 11 is 0. The smallest absolute Gasteiger partial charge is 0.318 e. The van der Waals surface area contributed by atoms with Crippen LogP contribution in [0, 0.1) is 0 Å². The molecule has 8 heteroatoms. The molecule has 2 aliphatic heterocycles. The van der Waals surface area contributed by atoms with E-state index in [4.69, 9.17) is 14.7 Å². The first-order chi connectivity index (χ1) is 18.0. The number of ether oxygens (including phenoxy) is 1. The number of hydrogen-bond donors (Lipinski definition) is 0. The second-order valence-corrected chi connectivity index (χ2v) is 10.1. The van der Waals surface area contributed by atoms with Gasteiger partial charge < -0.3 is 24.3 Å². The van der Waals surface area contributed by atoms with Crippen LogP contribution in [0.2, 0.25) is 0 Å². The van der Waals surface area contributed by atoms with E-state index < -0.39 is 0 Å². The van der Waals surface area contributed by atoms with Crippen molar-refractivity contribution in [2.45, 2.75) is 26.0 Å². The molecule has 1 aromatic heterocycles. The number of aldehydes is 1. The number of rotatable bonds is 8. The predicted octanol–water partition coefficient (Wildman–Crippen LogP) is 3.36. The Labute approximate surface area is 219 Å². The van der Waals surface area contributed by atoms with Crippen LogP contribution in [-0.4, -0.2) is 85.5 Å². The molecule has 0 unspecified atom stereocenters. The van der Waals surface area contributed by atoms with Crippen molar-refractivity contribution in [3.8, 4) is 6.01 Å². The number of likely N-dealkylation sites (N-methyl/N-ethyl adjacent to an activating group) is 1. The lowest BCUT2D eigenvalue weighted by Crippen LogP contribution is -2.45. The molecule has 194 valence electrons. The summed E-state index contributed by atoms with van der Waals surface area (Å²) in [5.41, 5.74) is 3.50. The highest BCUT2D eigenvalue weighted by atomic mass is 16.5. The summed E-state index contributed by atoms with van der Waals surface area (Å²) in [5.74, 6) is 0.994. The van der Waals surface area contributed by atoms with Crippen molar-refractivity contribution in [2.75, 3.05) is 63.2 Å². The zero-order valence-electron chi connectivity index (χ0n) is 22.0. The van der Waals surface area contributed by atoms with Crippen molar-refractivity contribution in [1.29, 1.82) is 0 Å². The Bertz CT molecular complexity index is 1260. The van der Waals surface area contributed by atoms with E-state index in [1.54, 1.807) is 6.08 Å². The van der Waals surface area contributed by atoms with E-state index in [0.29, 0.717) is 6.01 Å². The van der Waals surface area contributed by atoms with Crippen LogP contribution in [0.1, 0.15) is 18.2 Å². The Hall–Kier alpha value is -3.65. The molecule has 0 spiro atoms. The lowest BCUT2D eigenvalue weighted by Gasteiger charge is -2.38. The van der Waals surface area contributed by atoms with E-state index in [0.717, 1.165) is 70.0 Å². The fraction of sp³-hybridized carbons (Fsp3) is 0.414. The van der Waals surface area contributed by atoms with Crippen LogP contribution < -0.4 is 14.5 Å². The number of allylic oxidation sites excluding steroid dienone is 1. The molecule has 0 bridgehead atoms. The van der Waals surface area contributed by atoms with Gasteiger partial charge in [0, 0.05) is 62.1 Å². The largest absolute Gasteiger partial charge is 0.459 e. The van der Waals surface area contributed by atoms with Crippen LogP contribution in [0.15, 0.2) is 54.7 Å². The van der Waals surface area contributed by atoms with Gasteiger partial charge in [0.2, 0.25) is 0 Å². The van der Waals surface area contributed by atoms with Gasteiger partial charge in [-0.15, -0.1) is 0 Å². The van der Waals surface area contributed by atoms with Crippen LogP contribution in [0.5, 0.6) is 6.01 Å². The van der Waals surface area contributed by atoms with Gasteiger partial charge in [-0.05, 0) is 45.0 Å². The highest BCUT2D eigenvalue weighted by Crippen LogP contribution is 2.34. The highest BCUT2D eigenvalue weighted by molar-refractivity contribution is 5.94. The minimum atomic E-state index is -0.0241. The van der Waals surface area contributed by atoms with Gasteiger partial charge in [-0.2, -0.15) is 9.97 Å². The minimum Gasteiger partial charge on any atom is -0.459 e. The van der Waals surface area contributed by atoms with Crippen molar-refractivity contribution in [2.24, 2.45) is 0 Å². The first-order valence-corrected chi connectivity index (χ1v) is 13.1. The summed E-state index contributed by atoms with van der Waals surface area (Å²) in [4.78, 5) is 29.7. The van der Waals surface area contributed by atoms with Crippen molar-refractivity contribution in [1.82, 2.24) is 19.8 Å². The number of nitrogens with zero attached hydrogens (tertiary/aromatic N) is 6. The fourth-order valence-corrected chi connectivity index (χ4v) is 5.36. The SMILES string of the molecule is C[C@H](CN(C)C)Oc1nc2c(c(N3CCN(C=CC=O)CC3)n1)CCN(c1cccc3ccccc13)C2. The average molecular weight is 501 g/mol. The third-order valence-corrected chi connectivity index (χ3v) is 7.05. The Balaban J connectivity index is 1.45. The van der Waals surface area contributed by atoms with Gasteiger partial charge in [0.05, 0.1) is 12.2 Å². The molecule has 37 heavy (non-hydrogen) atoms. The molecule has 0 amide bonds. The lowest BCUT2D eigenvalue weighted by molar-refractivity contribution is -0.104. The molecule has 2 aliphatic rings. The summed E-state index contributed by atoms with van der Waals surface area (Å²) in [6.45, 7) is 7.86. The molecule has 2 aromatic carbocycles. The van der Waals surface area contributed by atoms with E-state index in [-0.39, 0.29) is 6.10 Å². The molecular formula is C29H36N6O2. The molecule has 1 fully saturated rings. The third kappa shape index (κ3) is 5.69. The van der Waals surface area contributed by atoms with E-state index in [9.17, 15) is 4.79 Å².